The average molecular weight is 228 g/mol. The van der Waals surface area contributed by atoms with Crippen LogP contribution in [0, 0.1) is 5.92 Å². The van der Waals surface area contributed by atoms with E-state index in [9.17, 15) is 4.79 Å². The summed E-state index contributed by atoms with van der Waals surface area (Å²) in [5.74, 6) is 0.490. The zero-order valence-corrected chi connectivity index (χ0v) is 10.9. The van der Waals surface area contributed by atoms with Gasteiger partial charge in [0.1, 0.15) is 0 Å². The van der Waals surface area contributed by atoms with Crippen molar-refractivity contribution >= 4 is 6.03 Å². The smallest absolute Gasteiger partial charge is 0.317 e. The molecule has 1 atom stereocenters. The zero-order chi connectivity index (χ0) is 12.2. The first-order valence-electron chi connectivity index (χ1n) is 5.98. The van der Waals surface area contributed by atoms with Gasteiger partial charge in [-0.3, -0.25) is 0 Å². The zero-order valence-electron chi connectivity index (χ0n) is 10.9. The third kappa shape index (κ3) is 4.39. The minimum Gasteiger partial charge on any atom is -0.384 e. The molecule has 0 aromatic heterocycles. The minimum absolute atomic E-state index is 0.0494. The summed E-state index contributed by atoms with van der Waals surface area (Å²) in [5, 5.41) is 3.00. The first kappa shape index (κ1) is 13.3. The van der Waals surface area contributed by atoms with Crippen molar-refractivity contribution in [3.63, 3.8) is 0 Å². The van der Waals surface area contributed by atoms with Crippen molar-refractivity contribution in [3.8, 4) is 0 Å². The summed E-state index contributed by atoms with van der Waals surface area (Å²) < 4.78 is 5.15. The lowest BCUT2D eigenvalue weighted by Crippen LogP contribution is -2.51. The molecule has 1 N–H and O–H groups in total. The molecule has 1 rings (SSSR count). The molecule has 1 saturated heterocycles. The van der Waals surface area contributed by atoms with Crippen molar-refractivity contribution in [2.45, 2.75) is 39.2 Å². The lowest BCUT2D eigenvalue weighted by Gasteiger charge is -2.34. The molecular weight excluding hydrogens is 204 g/mol. The number of amides is 2. The van der Waals surface area contributed by atoms with Crippen molar-refractivity contribution in [2.75, 3.05) is 26.8 Å². The molecule has 16 heavy (non-hydrogen) atoms. The van der Waals surface area contributed by atoms with Gasteiger partial charge in [0.2, 0.25) is 0 Å². The molecule has 0 saturated carbocycles. The second kappa shape index (κ2) is 5.53. The van der Waals surface area contributed by atoms with Crippen molar-refractivity contribution in [3.05, 3.63) is 0 Å². The first-order chi connectivity index (χ1) is 7.42. The van der Waals surface area contributed by atoms with Gasteiger partial charge in [0.25, 0.3) is 0 Å². The Labute approximate surface area is 98.3 Å². The van der Waals surface area contributed by atoms with Crippen LogP contribution in [-0.4, -0.2) is 43.3 Å². The van der Waals surface area contributed by atoms with Crippen molar-refractivity contribution in [1.82, 2.24) is 10.2 Å². The molecular formula is C12H24N2O2. The second-order valence-corrected chi connectivity index (χ2v) is 5.59. The van der Waals surface area contributed by atoms with Crippen LogP contribution in [0.25, 0.3) is 0 Å². The summed E-state index contributed by atoms with van der Waals surface area (Å²) >= 11 is 0. The van der Waals surface area contributed by atoms with Gasteiger partial charge in [-0.25, -0.2) is 4.79 Å². The lowest BCUT2D eigenvalue weighted by molar-refractivity contribution is 0.0985. The largest absolute Gasteiger partial charge is 0.384 e. The predicted molar refractivity (Wildman–Crippen MR) is 64.5 cm³/mol. The van der Waals surface area contributed by atoms with E-state index in [1.807, 2.05) is 25.7 Å². The van der Waals surface area contributed by atoms with Crippen molar-refractivity contribution < 1.29 is 9.53 Å². The fourth-order valence-corrected chi connectivity index (χ4v) is 2.02. The van der Waals surface area contributed by atoms with Gasteiger partial charge < -0.3 is 15.0 Å². The van der Waals surface area contributed by atoms with Crippen LogP contribution in [0.15, 0.2) is 0 Å². The highest BCUT2D eigenvalue weighted by atomic mass is 16.5. The summed E-state index contributed by atoms with van der Waals surface area (Å²) in [6.45, 7) is 8.43. The highest BCUT2D eigenvalue weighted by molar-refractivity contribution is 5.75. The Morgan fingerprint density at radius 2 is 2.19 bits per heavy atom. The number of rotatable bonds is 2. The normalized spacial score (nSPS) is 22.0. The standard InChI is InChI=1S/C12H24N2O2/c1-12(2,3)13-11(15)14-7-5-6-10(8-14)9-16-4/h10H,5-9H2,1-4H3,(H,13,15). The Hall–Kier alpha value is -0.770. The van der Waals surface area contributed by atoms with Crippen LogP contribution >= 0.6 is 0 Å². The van der Waals surface area contributed by atoms with E-state index in [1.54, 1.807) is 7.11 Å². The number of nitrogens with one attached hydrogen (secondary N) is 1. The van der Waals surface area contributed by atoms with Gasteiger partial charge in [-0.05, 0) is 33.6 Å². The van der Waals surface area contributed by atoms with E-state index in [0.717, 1.165) is 32.5 Å². The topological polar surface area (TPSA) is 41.6 Å². The minimum atomic E-state index is -0.161. The summed E-state index contributed by atoms with van der Waals surface area (Å²) in [4.78, 5) is 13.8. The van der Waals surface area contributed by atoms with Crippen LogP contribution in [0.5, 0.6) is 0 Å². The Morgan fingerprint density at radius 1 is 1.50 bits per heavy atom. The van der Waals surface area contributed by atoms with E-state index in [4.69, 9.17) is 4.74 Å². The number of urea groups is 1. The average Bonchev–Trinajstić information content (AvgIpc) is 2.16. The third-order valence-corrected chi connectivity index (χ3v) is 2.69. The maximum Gasteiger partial charge on any atom is 0.317 e. The molecule has 2 amide bonds. The molecule has 1 aliphatic rings. The van der Waals surface area contributed by atoms with Crippen LogP contribution in [0.3, 0.4) is 0 Å². The highest BCUT2D eigenvalue weighted by Gasteiger charge is 2.25. The van der Waals surface area contributed by atoms with Crippen molar-refractivity contribution in [2.24, 2.45) is 5.92 Å². The summed E-state index contributed by atoms with van der Waals surface area (Å²) in [5.41, 5.74) is -0.161. The SMILES string of the molecule is COCC1CCCN(C(=O)NC(C)(C)C)C1. The van der Waals surface area contributed by atoms with Crippen LogP contribution in [0.1, 0.15) is 33.6 Å². The fourth-order valence-electron chi connectivity index (χ4n) is 2.02. The molecule has 1 unspecified atom stereocenters. The Morgan fingerprint density at radius 3 is 2.75 bits per heavy atom. The molecule has 0 spiro atoms. The molecule has 0 aromatic rings. The first-order valence-corrected chi connectivity index (χ1v) is 5.98. The van der Waals surface area contributed by atoms with E-state index in [-0.39, 0.29) is 11.6 Å². The number of carbonyl (C=O) groups is 1. The molecule has 1 aliphatic heterocycles. The number of hydrogen-bond acceptors (Lipinski definition) is 2. The summed E-state index contributed by atoms with van der Waals surface area (Å²) in [6.07, 6.45) is 2.23. The van der Waals surface area contributed by atoms with E-state index in [2.05, 4.69) is 5.32 Å². The molecule has 1 fully saturated rings. The van der Waals surface area contributed by atoms with Gasteiger partial charge in [0.05, 0.1) is 6.61 Å². The number of hydrogen-bond donors (Lipinski definition) is 1. The molecule has 0 aliphatic carbocycles. The number of methoxy groups -OCH3 is 1. The second-order valence-electron chi connectivity index (χ2n) is 5.59. The maximum absolute atomic E-state index is 11.9. The van der Waals surface area contributed by atoms with Gasteiger partial charge in [0, 0.05) is 31.7 Å². The fraction of sp³-hybridized carbons (Fsp3) is 0.917. The molecule has 94 valence electrons. The quantitative estimate of drug-likeness (QED) is 0.783. The van der Waals surface area contributed by atoms with E-state index >= 15 is 0 Å². The molecule has 4 nitrogen and oxygen atoms in total. The lowest BCUT2D eigenvalue weighted by atomic mass is 9.99. The molecule has 0 bridgehead atoms. The van der Waals surface area contributed by atoms with Crippen LogP contribution in [0.4, 0.5) is 4.79 Å². The van der Waals surface area contributed by atoms with E-state index < -0.39 is 0 Å². The van der Waals surface area contributed by atoms with Gasteiger partial charge in [-0.2, -0.15) is 0 Å². The van der Waals surface area contributed by atoms with Crippen molar-refractivity contribution in [1.29, 1.82) is 0 Å². The Bertz CT molecular complexity index is 234. The van der Waals surface area contributed by atoms with Gasteiger partial charge >= 0.3 is 6.03 Å². The Kier molecular flexibility index (Phi) is 4.59. The number of likely N-dealkylation sites (tertiary alicyclic amines) is 1. The van der Waals surface area contributed by atoms with Crippen LogP contribution in [0.2, 0.25) is 0 Å². The molecule has 0 aromatic carbocycles. The highest BCUT2D eigenvalue weighted by Crippen LogP contribution is 2.17. The van der Waals surface area contributed by atoms with Crippen LogP contribution in [-0.2, 0) is 4.74 Å². The summed E-state index contributed by atoms with van der Waals surface area (Å²) in [6, 6.07) is 0.0494. The Balaban J connectivity index is 2.44. The molecule has 4 heteroatoms. The number of carbonyl (C=O) groups excluding carboxylic acids is 1. The maximum atomic E-state index is 11.9. The number of piperidine rings is 1. The van der Waals surface area contributed by atoms with Gasteiger partial charge in [0.15, 0.2) is 0 Å². The number of nitrogens with zero attached hydrogens (tertiary/aromatic N) is 1. The molecule has 1 heterocycles. The van der Waals surface area contributed by atoms with Crippen LogP contribution < -0.4 is 5.32 Å². The van der Waals surface area contributed by atoms with E-state index in [0.29, 0.717) is 5.92 Å². The monoisotopic (exact) mass is 228 g/mol. The molecule has 0 radical (unpaired) electrons. The van der Waals surface area contributed by atoms with Gasteiger partial charge in [-0.1, -0.05) is 0 Å². The number of ether oxygens (including phenoxy) is 1. The third-order valence-electron chi connectivity index (χ3n) is 2.69. The van der Waals surface area contributed by atoms with E-state index in [1.165, 1.54) is 0 Å². The van der Waals surface area contributed by atoms with Gasteiger partial charge in [-0.15, -0.1) is 0 Å². The summed E-state index contributed by atoms with van der Waals surface area (Å²) in [7, 11) is 1.72. The predicted octanol–water partition coefficient (Wildman–Crippen LogP) is 1.85.